The molecule has 1 amide bonds. The molecule has 1 aromatic heterocycles. The Morgan fingerprint density at radius 3 is 2.81 bits per heavy atom. The van der Waals surface area contributed by atoms with Crippen molar-refractivity contribution in [2.45, 2.75) is 0 Å². The topological polar surface area (TPSA) is 54.9 Å². The lowest BCUT2D eigenvalue weighted by molar-refractivity contribution is -0.113. The number of hydrogen-bond acceptors (Lipinski definition) is 4. The van der Waals surface area contributed by atoms with Crippen LogP contribution in [0.5, 0.6) is 0 Å². The van der Waals surface area contributed by atoms with E-state index in [1.54, 1.807) is 0 Å². The molecule has 0 aliphatic carbocycles. The predicted molar refractivity (Wildman–Crippen MR) is 64.7 cm³/mol. The Kier molecular flexibility index (Phi) is 3.48. The summed E-state index contributed by atoms with van der Waals surface area (Å²) in [4.78, 5) is 15.2. The summed E-state index contributed by atoms with van der Waals surface area (Å²) in [7, 11) is 0. The Hall–Kier alpha value is -1.46. The van der Waals surface area contributed by atoms with Crippen LogP contribution >= 0.6 is 23.1 Å². The molecular weight excluding hydrogens is 246 g/mol. The van der Waals surface area contributed by atoms with E-state index in [2.05, 4.69) is 14.7 Å². The van der Waals surface area contributed by atoms with Gasteiger partial charge in [-0.25, -0.2) is 0 Å². The van der Waals surface area contributed by atoms with Gasteiger partial charge < -0.3 is 0 Å². The first kappa shape index (κ1) is 11.0. The van der Waals surface area contributed by atoms with Gasteiger partial charge in [0.15, 0.2) is 5.82 Å². The summed E-state index contributed by atoms with van der Waals surface area (Å²) < 4.78 is 4.15. The van der Waals surface area contributed by atoms with Gasteiger partial charge in [0, 0.05) is 17.1 Å². The second-order valence-corrected chi connectivity index (χ2v) is 3.99. The van der Waals surface area contributed by atoms with E-state index >= 15 is 0 Å². The van der Waals surface area contributed by atoms with Gasteiger partial charge in [0.25, 0.3) is 0 Å². The Bertz CT molecular complexity index is 486. The standard InChI is InChI=1S/C10H8ClN3OS/c11-6-8(15)12-10-13-9(14-16-10)7-4-2-1-3-5-7/h1-5H,6H2,(H,12,13,14,15). The third-order valence-corrected chi connectivity index (χ3v) is 2.70. The van der Waals surface area contributed by atoms with Crippen LogP contribution in [-0.2, 0) is 4.79 Å². The summed E-state index contributed by atoms with van der Waals surface area (Å²) in [5.74, 6) is 0.244. The van der Waals surface area contributed by atoms with Gasteiger partial charge in [0.1, 0.15) is 5.88 Å². The smallest absolute Gasteiger partial charge is 0.241 e. The summed E-state index contributed by atoms with van der Waals surface area (Å²) in [5.41, 5.74) is 0.921. The number of amides is 1. The van der Waals surface area contributed by atoms with E-state index in [9.17, 15) is 4.79 Å². The molecule has 2 rings (SSSR count). The molecule has 0 aliphatic rings. The maximum atomic E-state index is 11.0. The van der Waals surface area contributed by atoms with Crippen LogP contribution in [0.4, 0.5) is 5.13 Å². The first-order valence-corrected chi connectivity index (χ1v) is 5.85. The van der Waals surface area contributed by atoms with Gasteiger partial charge in [0.2, 0.25) is 11.0 Å². The van der Waals surface area contributed by atoms with E-state index in [0.29, 0.717) is 11.0 Å². The SMILES string of the molecule is O=C(CCl)Nc1nc(-c2ccccc2)ns1. The van der Waals surface area contributed by atoms with Gasteiger partial charge in [-0.1, -0.05) is 30.3 Å². The number of rotatable bonds is 3. The van der Waals surface area contributed by atoms with Gasteiger partial charge >= 0.3 is 0 Å². The normalized spacial score (nSPS) is 10.1. The number of carbonyl (C=O) groups excluding carboxylic acids is 1. The third kappa shape index (κ3) is 2.56. The Balaban J connectivity index is 2.17. The second-order valence-electron chi connectivity index (χ2n) is 2.97. The van der Waals surface area contributed by atoms with Crippen molar-refractivity contribution in [3.05, 3.63) is 30.3 Å². The van der Waals surface area contributed by atoms with Crippen LogP contribution in [-0.4, -0.2) is 21.1 Å². The van der Waals surface area contributed by atoms with Gasteiger partial charge in [-0.3, -0.25) is 10.1 Å². The van der Waals surface area contributed by atoms with Crippen molar-refractivity contribution in [2.24, 2.45) is 0 Å². The van der Waals surface area contributed by atoms with E-state index in [1.165, 1.54) is 0 Å². The number of nitrogens with zero attached hydrogens (tertiary/aromatic N) is 2. The number of carbonyl (C=O) groups is 1. The number of nitrogens with one attached hydrogen (secondary N) is 1. The molecule has 0 bridgehead atoms. The first-order valence-electron chi connectivity index (χ1n) is 4.54. The summed E-state index contributed by atoms with van der Waals surface area (Å²) in [6.45, 7) is 0. The average Bonchev–Trinajstić information content (AvgIpc) is 2.78. The lowest BCUT2D eigenvalue weighted by atomic mass is 10.2. The molecule has 1 heterocycles. The molecule has 1 N–H and O–H groups in total. The van der Waals surface area contributed by atoms with Gasteiger partial charge in [0.05, 0.1) is 0 Å². The van der Waals surface area contributed by atoms with Crippen LogP contribution in [0.2, 0.25) is 0 Å². The molecule has 4 nitrogen and oxygen atoms in total. The van der Waals surface area contributed by atoms with Crippen molar-refractivity contribution in [2.75, 3.05) is 11.2 Å². The minimum absolute atomic E-state index is 0.0831. The van der Waals surface area contributed by atoms with Crippen LogP contribution in [0.3, 0.4) is 0 Å². The van der Waals surface area contributed by atoms with Crippen molar-refractivity contribution in [1.82, 2.24) is 9.36 Å². The van der Waals surface area contributed by atoms with Gasteiger partial charge in [-0.2, -0.15) is 9.36 Å². The molecule has 0 fully saturated rings. The fourth-order valence-corrected chi connectivity index (χ4v) is 1.80. The zero-order valence-corrected chi connectivity index (χ0v) is 9.76. The maximum Gasteiger partial charge on any atom is 0.241 e. The Morgan fingerprint density at radius 2 is 2.12 bits per heavy atom. The minimum atomic E-state index is -0.280. The third-order valence-electron chi connectivity index (χ3n) is 1.83. The summed E-state index contributed by atoms with van der Waals surface area (Å²) >= 11 is 6.51. The summed E-state index contributed by atoms with van der Waals surface area (Å²) in [6, 6.07) is 9.57. The molecule has 1 aromatic carbocycles. The van der Waals surface area contributed by atoms with Crippen LogP contribution < -0.4 is 5.32 Å². The fourth-order valence-electron chi connectivity index (χ4n) is 1.13. The molecule has 0 atom stereocenters. The molecular formula is C10H8ClN3OS. The zero-order chi connectivity index (χ0) is 11.4. The minimum Gasteiger partial charge on any atom is -0.300 e. The van der Waals surface area contributed by atoms with Crippen molar-refractivity contribution in [3.63, 3.8) is 0 Å². The average molecular weight is 254 g/mol. The number of halogens is 1. The van der Waals surface area contributed by atoms with E-state index in [-0.39, 0.29) is 11.8 Å². The molecule has 6 heteroatoms. The lowest BCUT2D eigenvalue weighted by Crippen LogP contribution is -2.12. The quantitative estimate of drug-likeness (QED) is 0.855. The lowest BCUT2D eigenvalue weighted by Gasteiger charge is -1.95. The highest BCUT2D eigenvalue weighted by molar-refractivity contribution is 7.10. The first-order chi connectivity index (χ1) is 7.79. The number of aromatic nitrogens is 2. The van der Waals surface area contributed by atoms with Crippen LogP contribution in [0.1, 0.15) is 0 Å². The molecule has 82 valence electrons. The molecule has 16 heavy (non-hydrogen) atoms. The van der Waals surface area contributed by atoms with E-state index in [0.717, 1.165) is 17.1 Å². The summed E-state index contributed by atoms with van der Waals surface area (Å²) in [5, 5.41) is 3.02. The fraction of sp³-hybridized carbons (Fsp3) is 0.100. The number of alkyl halides is 1. The summed E-state index contributed by atoms with van der Waals surface area (Å²) in [6.07, 6.45) is 0. The highest BCUT2D eigenvalue weighted by Crippen LogP contribution is 2.20. The van der Waals surface area contributed by atoms with E-state index in [1.807, 2.05) is 30.3 Å². The molecule has 2 aromatic rings. The largest absolute Gasteiger partial charge is 0.300 e. The predicted octanol–water partition coefficient (Wildman–Crippen LogP) is 2.38. The molecule has 0 saturated heterocycles. The zero-order valence-electron chi connectivity index (χ0n) is 8.18. The van der Waals surface area contributed by atoms with Crippen molar-refractivity contribution in [3.8, 4) is 11.4 Å². The van der Waals surface area contributed by atoms with E-state index < -0.39 is 0 Å². The highest BCUT2D eigenvalue weighted by Gasteiger charge is 2.07. The molecule has 0 radical (unpaired) electrons. The van der Waals surface area contributed by atoms with Crippen LogP contribution in [0, 0.1) is 0 Å². The van der Waals surface area contributed by atoms with Crippen molar-refractivity contribution in [1.29, 1.82) is 0 Å². The van der Waals surface area contributed by atoms with Gasteiger partial charge in [-0.05, 0) is 0 Å². The highest BCUT2D eigenvalue weighted by atomic mass is 35.5. The number of hydrogen-bond donors (Lipinski definition) is 1. The molecule has 0 spiro atoms. The van der Waals surface area contributed by atoms with Crippen molar-refractivity contribution < 1.29 is 4.79 Å². The Morgan fingerprint density at radius 1 is 1.38 bits per heavy atom. The monoisotopic (exact) mass is 253 g/mol. The van der Waals surface area contributed by atoms with E-state index in [4.69, 9.17) is 11.6 Å². The second kappa shape index (κ2) is 5.05. The van der Waals surface area contributed by atoms with Gasteiger partial charge in [-0.15, -0.1) is 11.6 Å². The van der Waals surface area contributed by atoms with Crippen LogP contribution in [0.25, 0.3) is 11.4 Å². The number of anilines is 1. The maximum absolute atomic E-state index is 11.0. The number of benzene rings is 1. The van der Waals surface area contributed by atoms with Crippen LogP contribution in [0.15, 0.2) is 30.3 Å². The molecule has 0 unspecified atom stereocenters. The Labute approximate surface area is 101 Å². The van der Waals surface area contributed by atoms with Crippen molar-refractivity contribution >= 4 is 34.2 Å². The molecule has 0 saturated carbocycles. The molecule has 0 aliphatic heterocycles.